The third kappa shape index (κ3) is 3.14. The Morgan fingerprint density at radius 3 is 2.65 bits per heavy atom. The first-order chi connectivity index (χ1) is 12.3. The second-order valence-electron chi connectivity index (χ2n) is 6.15. The van der Waals surface area contributed by atoms with E-state index in [1.54, 1.807) is 0 Å². The van der Waals surface area contributed by atoms with Crippen LogP contribution in [0.25, 0.3) is 16.9 Å². The molecule has 3 rings (SSSR count). The number of fused-ring (bicyclic) bond motifs is 1. The van der Waals surface area contributed by atoms with Crippen molar-refractivity contribution in [1.29, 1.82) is 0 Å². The Hall–Kier alpha value is -2.54. The van der Waals surface area contributed by atoms with Crippen LogP contribution in [0.5, 0.6) is 0 Å². The van der Waals surface area contributed by atoms with Gasteiger partial charge in [0, 0.05) is 18.3 Å². The first-order valence-electron chi connectivity index (χ1n) is 8.10. The number of aromatic nitrogens is 4. The number of anilines is 1. The predicted molar refractivity (Wildman–Crippen MR) is 98.3 cm³/mol. The van der Waals surface area contributed by atoms with E-state index in [2.05, 4.69) is 15.1 Å². The molecular weight excluding hydrogens is 360 g/mol. The smallest absolute Gasteiger partial charge is 0.255 e. The fourth-order valence-electron chi connectivity index (χ4n) is 2.75. The fraction of sp³-hybridized carbons (Fsp3) is 0.278. The van der Waals surface area contributed by atoms with Crippen LogP contribution in [0.3, 0.4) is 0 Å². The van der Waals surface area contributed by atoms with Crippen LogP contribution in [0.2, 0.25) is 5.15 Å². The zero-order valence-corrected chi connectivity index (χ0v) is 15.6. The molecule has 8 heteroatoms. The summed E-state index contributed by atoms with van der Waals surface area (Å²) in [7, 11) is 0. The molecule has 0 saturated carbocycles. The largest absolute Gasteiger partial charge is 0.333 e. The van der Waals surface area contributed by atoms with Gasteiger partial charge >= 0.3 is 0 Å². The second-order valence-corrected chi connectivity index (χ2v) is 6.50. The summed E-state index contributed by atoms with van der Waals surface area (Å²) in [6.07, 6.45) is 3.23. The van der Waals surface area contributed by atoms with E-state index in [4.69, 9.17) is 11.6 Å². The van der Waals surface area contributed by atoms with E-state index in [1.807, 2.05) is 31.9 Å². The van der Waals surface area contributed by atoms with E-state index >= 15 is 0 Å². The molecule has 136 valence electrons. The molecular formula is C18H18ClF2N5. The number of nitrogens with zero attached hydrogens (tertiary/aromatic N) is 5. The molecule has 0 bridgehead atoms. The number of halogens is 3. The molecule has 0 aliphatic rings. The number of allylic oxidation sites excluding steroid dienone is 1. The number of hydrogen-bond acceptors (Lipinski definition) is 4. The Morgan fingerprint density at radius 1 is 1.27 bits per heavy atom. The van der Waals surface area contributed by atoms with Crippen LogP contribution in [0.4, 0.5) is 14.6 Å². The van der Waals surface area contributed by atoms with Crippen molar-refractivity contribution in [2.24, 2.45) is 0 Å². The summed E-state index contributed by atoms with van der Waals surface area (Å²) >= 11 is 6.37. The molecule has 0 aliphatic carbocycles. The van der Waals surface area contributed by atoms with Crippen LogP contribution < -0.4 is 4.90 Å². The zero-order chi connectivity index (χ0) is 19.0. The molecule has 0 atom stereocenters. The van der Waals surface area contributed by atoms with Gasteiger partial charge in [0.1, 0.15) is 28.9 Å². The van der Waals surface area contributed by atoms with Gasteiger partial charge in [-0.2, -0.15) is 19.6 Å². The van der Waals surface area contributed by atoms with Gasteiger partial charge in [-0.15, -0.1) is 0 Å². The van der Waals surface area contributed by atoms with Crippen molar-refractivity contribution >= 4 is 23.2 Å². The number of rotatable bonds is 4. The lowest BCUT2D eigenvalue weighted by Gasteiger charge is -2.24. The van der Waals surface area contributed by atoms with Crippen molar-refractivity contribution < 1.29 is 8.78 Å². The maximum absolute atomic E-state index is 14.7. The normalized spacial score (nSPS) is 11.0. The monoisotopic (exact) mass is 377 g/mol. The summed E-state index contributed by atoms with van der Waals surface area (Å²) in [4.78, 5) is 10.1. The van der Waals surface area contributed by atoms with E-state index in [-0.39, 0.29) is 27.6 Å². The molecule has 0 fully saturated rings. The lowest BCUT2D eigenvalue weighted by Crippen LogP contribution is -2.21. The van der Waals surface area contributed by atoms with Crippen molar-refractivity contribution in [3.8, 4) is 11.1 Å². The Bertz CT molecular complexity index is 1010. The molecule has 2 aromatic heterocycles. The molecule has 0 saturated heterocycles. The SMILES string of the molecule is CCN(C=C(C)C)c1c(-c2cc(F)c(C)cc2F)c(Cl)nc2ncnn12. The minimum absolute atomic E-state index is 0.0265. The molecule has 0 aliphatic heterocycles. The highest BCUT2D eigenvalue weighted by Gasteiger charge is 2.24. The minimum Gasteiger partial charge on any atom is -0.333 e. The third-order valence-electron chi connectivity index (χ3n) is 3.90. The van der Waals surface area contributed by atoms with Crippen LogP contribution in [-0.4, -0.2) is 26.1 Å². The summed E-state index contributed by atoms with van der Waals surface area (Å²) in [5, 5.41) is 4.22. The Labute approximate surface area is 154 Å². The molecule has 26 heavy (non-hydrogen) atoms. The standard InChI is InChI=1S/C18H18ClF2N5/c1-5-25(8-10(2)3)17-15(12-7-13(20)11(4)6-14(12)21)16(19)24-18-22-9-23-26(17)18/h6-9H,5H2,1-4H3. The highest BCUT2D eigenvalue weighted by Crippen LogP contribution is 2.38. The van der Waals surface area contributed by atoms with Gasteiger partial charge in [0.2, 0.25) is 0 Å². The molecule has 0 unspecified atom stereocenters. The van der Waals surface area contributed by atoms with Gasteiger partial charge in [-0.1, -0.05) is 17.2 Å². The fourth-order valence-corrected chi connectivity index (χ4v) is 3.01. The van der Waals surface area contributed by atoms with E-state index in [0.717, 1.165) is 17.7 Å². The average molecular weight is 378 g/mol. The minimum atomic E-state index is -0.582. The first-order valence-corrected chi connectivity index (χ1v) is 8.48. The molecule has 2 heterocycles. The highest BCUT2D eigenvalue weighted by molar-refractivity contribution is 6.33. The van der Waals surface area contributed by atoms with Gasteiger partial charge in [-0.05, 0) is 45.4 Å². The summed E-state index contributed by atoms with van der Waals surface area (Å²) in [5.74, 6) is -0.348. The van der Waals surface area contributed by atoms with Crippen molar-refractivity contribution in [2.75, 3.05) is 11.4 Å². The quantitative estimate of drug-likeness (QED) is 0.614. The number of benzene rings is 1. The Morgan fingerprint density at radius 2 is 2.00 bits per heavy atom. The maximum Gasteiger partial charge on any atom is 0.255 e. The van der Waals surface area contributed by atoms with E-state index in [1.165, 1.54) is 17.8 Å². The maximum atomic E-state index is 14.7. The lowest BCUT2D eigenvalue weighted by molar-refractivity contribution is 0.595. The molecule has 1 aromatic carbocycles. The second kappa shape index (κ2) is 6.99. The zero-order valence-electron chi connectivity index (χ0n) is 14.9. The van der Waals surface area contributed by atoms with Crippen LogP contribution in [0, 0.1) is 18.6 Å². The van der Waals surface area contributed by atoms with Crippen LogP contribution >= 0.6 is 11.6 Å². The van der Waals surface area contributed by atoms with Gasteiger partial charge in [-0.3, -0.25) is 0 Å². The van der Waals surface area contributed by atoms with Gasteiger partial charge < -0.3 is 4.90 Å². The van der Waals surface area contributed by atoms with Gasteiger partial charge in [0.15, 0.2) is 0 Å². The molecule has 5 nitrogen and oxygen atoms in total. The van der Waals surface area contributed by atoms with Crippen LogP contribution in [0.15, 0.2) is 30.2 Å². The Balaban J connectivity index is 2.42. The summed E-state index contributed by atoms with van der Waals surface area (Å²) < 4.78 is 30.3. The van der Waals surface area contributed by atoms with E-state index in [9.17, 15) is 8.78 Å². The van der Waals surface area contributed by atoms with Gasteiger partial charge in [-0.25, -0.2) is 8.78 Å². The van der Waals surface area contributed by atoms with Gasteiger partial charge in [0.05, 0.1) is 5.56 Å². The van der Waals surface area contributed by atoms with Crippen LogP contribution in [0.1, 0.15) is 26.3 Å². The van der Waals surface area contributed by atoms with Crippen molar-refractivity contribution in [3.05, 3.63) is 52.6 Å². The number of aryl methyl sites for hydroxylation is 1. The lowest BCUT2D eigenvalue weighted by atomic mass is 10.0. The predicted octanol–water partition coefficient (Wildman–Crippen LogP) is 4.78. The Kier molecular flexibility index (Phi) is 4.91. The van der Waals surface area contributed by atoms with Crippen molar-refractivity contribution in [2.45, 2.75) is 27.7 Å². The molecule has 0 radical (unpaired) electrons. The topological polar surface area (TPSA) is 46.3 Å². The van der Waals surface area contributed by atoms with E-state index in [0.29, 0.717) is 12.4 Å². The molecule has 0 N–H and O–H groups in total. The molecule has 0 spiro atoms. The van der Waals surface area contributed by atoms with Gasteiger partial charge in [0.25, 0.3) is 5.78 Å². The van der Waals surface area contributed by atoms with Crippen molar-refractivity contribution in [1.82, 2.24) is 19.6 Å². The average Bonchev–Trinajstić information content (AvgIpc) is 3.03. The van der Waals surface area contributed by atoms with Crippen LogP contribution in [-0.2, 0) is 0 Å². The third-order valence-corrected chi connectivity index (χ3v) is 4.18. The first kappa shape index (κ1) is 18.3. The van der Waals surface area contributed by atoms with Crippen molar-refractivity contribution in [3.63, 3.8) is 0 Å². The van der Waals surface area contributed by atoms with E-state index < -0.39 is 11.6 Å². The summed E-state index contributed by atoms with van der Waals surface area (Å²) in [6, 6.07) is 2.28. The number of hydrogen-bond donors (Lipinski definition) is 0. The summed E-state index contributed by atoms with van der Waals surface area (Å²) in [6.45, 7) is 7.88. The molecule has 0 amide bonds. The highest BCUT2D eigenvalue weighted by atomic mass is 35.5. The molecule has 3 aromatic rings. The summed E-state index contributed by atoms with van der Waals surface area (Å²) in [5.41, 5.74) is 1.53.